The molecule has 11 nitrogen and oxygen atoms in total. The van der Waals surface area contributed by atoms with Crippen molar-refractivity contribution in [1.82, 2.24) is 29.8 Å². The topological polar surface area (TPSA) is 123 Å². The second-order valence-corrected chi connectivity index (χ2v) is 6.68. The molecule has 0 amide bonds. The van der Waals surface area contributed by atoms with Crippen LogP contribution in [0.2, 0.25) is 0 Å². The number of hydrogen-bond acceptors (Lipinski definition) is 9. The van der Waals surface area contributed by atoms with E-state index in [4.69, 9.17) is 14.2 Å². The highest BCUT2D eigenvalue weighted by Crippen LogP contribution is 2.17. The highest BCUT2D eigenvalue weighted by molar-refractivity contribution is 5.89. The van der Waals surface area contributed by atoms with Crippen molar-refractivity contribution in [2.24, 2.45) is 0 Å². The van der Waals surface area contributed by atoms with Crippen LogP contribution in [0.1, 0.15) is 21.0 Å². The van der Waals surface area contributed by atoms with Gasteiger partial charge in [-0.15, -0.1) is 10.2 Å². The molecule has 2 heterocycles. The van der Waals surface area contributed by atoms with Gasteiger partial charge in [-0.1, -0.05) is 53.7 Å². The van der Waals surface area contributed by atoms with Crippen molar-refractivity contribution in [1.29, 1.82) is 0 Å². The highest BCUT2D eigenvalue weighted by Gasteiger charge is 2.19. The van der Waals surface area contributed by atoms with Gasteiger partial charge in [-0.3, -0.25) is 0 Å². The first kappa shape index (κ1) is 21.8. The standard InChI is InChI=1S/C22H20N6O5/c1-31-21(30)19-23-22(27-14-18(24-26-27)16-8-4-2-5-9-16)28(25-19)15-32-12-13-33-20(29)17-10-6-3-7-11-17/h2-11,14H,12-13,15H2,1H3. The van der Waals surface area contributed by atoms with Crippen molar-refractivity contribution in [3.63, 3.8) is 0 Å². The maximum absolute atomic E-state index is 12.0. The van der Waals surface area contributed by atoms with Crippen molar-refractivity contribution in [2.45, 2.75) is 6.73 Å². The van der Waals surface area contributed by atoms with Gasteiger partial charge in [-0.25, -0.2) is 14.3 Å². The summed E-state index contributed by atoms with van der Waals surface area (Å²) >= 11 is 0. The van der Waals surface area contributed by atoms with E-state index < -0.39 is 11.9 Å². The summed E-state index contributed by atoms with van der Waals surface area (Å²) in [6.07, 6.45) is 1.67. The van der Waals surface area contributed by atoms with E-state index in [2.05, 4.69) is 20.4 Å². The molecule has 11 heteroatoms. The van der Waals surface area contributed by atoms with E-state index in [0.717, 1.165) is 5.56 Å². The Morgan fingerprint density at radius 1 is 0.939 bits per heavy atom. The number of carbonyl (C=O) groups excluding carboxylic acids is 2. The van der Waals surface area contributed by atoms with Crippen LogP contribution in [0.4, 0.5) is 0 Å². The molecule has 0 atom stereocenters. The molecule has 0 aliphatic rings. The largest absolute Gasteiger partial charge is 0.463 e. The number of ether oxygens (including phenoxy) is 3. The molecule has 2 aromatic carbocycles. The minimum Gasteiger partial charge on any atom is -0.463 e. The molecular weight excluding hydrogens is 428 g/mol. The fraction of sp³-hybridized carbons (Fsp3) is 0.182. The predicted molar refractivity (Wildman–Crippen MR) is 114 cm³/mol. The maximum atomic E-state index is 12.0. The lowest BCUT2D eigenvalue weighted by molar-refractivity contribution is 0.0141. The summed E-state index contributed by atoms with van der Waals surface area (Å²) in [5.41, 5.74) is 1.96. The van der Waals surface area contributed by atoms with Gasteiger partial charge in [-0.05, 0) is 12.1 Å². The summed E-state index contributed by atoms with van der Waals surface area (Å²) in [6.45, 7) is 0.0872. The number of rotatable bonds is 9. The fourth-order valence-corrected chi connectivity index (χ4v) is 2.87. The van der Waals surface area contributed by atoms with Gasteiger partial charge in [-0.2, -0.15) is 9.67 Å². The van der Waals surface area contributed by atoms with E-state index in [-0.39, 0.29) is 31.7 Å². The summed E-state index contributed by atoms with van der Waals surface area (Å²) in [7, 11) is 1.24. The second kappa shape index (κ2) is 10.3. The highest BCUT2D eigenvalue weighted by atomic mass is 16.6. The maximum Gasteiger partial charge on any atom is 0.378 e. The Bertz CT molecular complexity index is 1220. The van der Waals surface area contributed by atoms with E-state index >= 15 is 0 Å². The fourth-order valence-electron chi connectivity index (χ4n) is 2.87. The van der Waals surface area contributed by atoms with Crippen LogP contribution in [-0.4, -0.2) is 62.0 Å². The Morgan fingerprint density at radius 3 is 2.39 bits per heavy atom. The van der Waals surface area contributed by atoms with Gasteiger partial charge in [0.2, 0.25) is 0 Å². The van der Waals surface area contributed by atoms with Crippen molar-refractivity contribution in [2.75, 3.05) is 20.3 Å². The Labute approximate surface area is 188 Å². The third kappa shape index (κ3) is 5.28. The van der Waals surface area contributed by atoms with E-state index in [1.54, 1.807) is 30.5 Å². The molecule has 168 valence electrons. The van der Waals surface area contributed by atoms with Crippen molar-refractivity contribution >= 4 is 11.9 Å². The van der Waals surface area contributed by atoms with Gasteiger partial charge >= 0.3 is 11.9 Å². The summed E-state index contributed by atoms with van der Waals surface area (Å²) in [6, 6.07) is 18.2. The van der Waals surface area contributed by atoms with Crippen LogP contribution in [0.25, 0.3) is 17.2 Å². The minimum atomic E-state index is -0.699. The van der Waals surface area contributed by atoms with Crippen molar-refractivity contribution in [3.8, 4) is 17.2 Å². The predicted octanol–water partition coefficient (Wildman–Crippen LogP) is 2.14. The Balaban J connectivity index is 1.42. The van der Waals surface area contributed by atoms with Gasteiger partial charge in [0.05, 0.1) is 25.5 Å². The number of benzene rings is 2. The quantitative estimate of drug-likeness (QED) is 0.280. The lowest BCUT2D eigenvalue weighted by atomic mass is 10.2. The van der Waals surface area contributed by atoms with E-state index in [1.807, 2.05) is 36.4 Å². The number of nitrogens with zero attached hydrogens (tertiary/aromatic N) is 6. The van der Waals surface area contributed by atoms with Crippen molar-refractivity contribution in [3.05, 3.63) is 78.2 Å². The first-order valence-corrected chi connectivity index (χ1v) is 9.97. The van der Waals surface area contributed by atoms with Gasteiger partial charge in [0.25, 0.3) is 11.8 Å². The molecule has 0 N–H and O–H groups in total. The monoisotopic (exact) mass is 448 g/mol. The molecule has 33 heavy (non-hydrogen) atoms. The third-order valence-electron chi connectivity index (χ3n) is 4.47. The molecule has 0 fully saturated rings. The number of hydrogen-bond donors (Lipinski definition) is 0. The van der Waals surface area contributed by atoms with Crippen LogP contribution in [0.3, 0.4) is 0 Å². The van der Waals surface area contributed by atoms with Crippen LogP contribution < -0.4 is 0 Å². The number of esters is 2. The van der Waals surface area contributed by atoms with Gasteiger partial charge in [0.15, 0.2) is 0 Å². The zero-order chi connectivity index (χ0) is 23.0. The first-order chi connectivity index (χ1) is 16.2. The number of aromatic nitrogens is 6. The number of carbonyl (C=O) groups is 2. The normalized spacial score (nSPS) is 10.7. The molecule has 0 bridgehead atoms. The Kier molecular flexibility index (Phi) is 6.81. The van der Waals surface area contributed by atoms with Crippen LogP contribution >= 0.6 is 0 Å². The smallest absolute Gasteiger partial charge is 0.378 e. The lowest BCUT2D eigenvalue weighted by Crippen LogP contribution is -2.15. The van der Waals surface area contributed by atoms with Crippen LogP contribution in [0.5, 0.6) is 0 Å². The minimum absolute atomic E-state index is 0.0447. The average Bonchev–Trinajstić information content (AvgIpc) is 3.52. The summed E-state index contributed by atoms with van der Waals surface area (Å²) in [5, 5.41) is 12.4. The summed E-state index contributed by atoms with van der Waals surface area (Å²) < 4.78 is 18.2. The molecule has 0 radical (unpaired) electrons. The Morgan fingerprint density at radius 2 is 1.67 bits per heavy atom. The summed E-state index contributed by atoms with van der Waals surface area (Å²) in [5.74, 6) is -1.07. The molecule has 4 aromatic rings. The molecule has 0 spiro atoms. The van der Waals surface area contributed by atoms with Crippen molar-refractivity contribution < 1.29 is 23.8 Å². The molecule has 0 saturated heterocycles. The van der Waals surface area contributed by atoms with Crippen LogP contribution in [-0.2, 0) is 20.9 Å². The molecule has 0 aliphatic carbocycles. The van der Waals surface area contributed by atoms with Gasteiger partial charge in [0.1, 0.15) is 19.0 Å². The zero-order valence-corrected chi connectivity index (χ0v) is 17.7. The second-order valence-electron chi connectivity index (χ2n) is 6.68. The Hall–Kier alpha value is -4.38. The lowest BCUT2D eigenvalue weighted by Gasteiger charge is -2.07. The van der Waals surface area contributed by atoms with E-state index in [0.29, 0.717) is 11.3 Å². The average molecular weight is 448 g/mol. The zero-order valence-electron chi connectivity index (χ0n) is 17.7. The molecule has 2 aromatic heterocycles. The molecule has 0 aliphatic heterocycles. The van der Waals surface area contributed by atoms with Gasteiger partial charge in [0, 0.05) is 5.56 Å². The number of methoxy groups -OCH3 is 1. The molecule has 4 rings (SSSR count). The van der Waals surface area contributed by atoms with Crippen LogP contribution in [0.15, 0.2) is 66.9 Å². The first-order valence-electron chi connectivity index (χ1n) is 9.97. The SMILES string of the molecule is COC(=O)c1nc(-n2cc(-c3ccccc3)nn2)n(COCCOC(=O)c2ccccc2)n1. The van der Waals surface area contributed by atoms with E-state index in [1.165, 1.54) is 16.5 Å². The van der Waals surface area contributed by atoms with Crippen LogP contribution in [0, 0.1) is 0 Å². The molecule has 0 saturated carbocycles. The third-order valence-corrected chi connectivity index (χ3v) is 4.47. The molecule has 0 unspecified atom stereocenters. The van der Waals surface area contributed by atoms with Gasteiger partial charge < -0.3 is 14.2 Å². The molecular formula is C22H20N6O5. The summed E-state index contributed by atoms with van der Waals surface area (Å²) in [4.78, 5) is 28.1. The van der Waals surface area contributed by atoms with E-state index in [9.17, 15) is 9.59 Å².